The van der Waals surface area contributed by atoms with Crippen molar-refractivity contribution in [3.05, 3.63) is 35.6 Å². The number of nitrogens with one attached hydrogen (secondary N) is 1. The summed E-state index contributed by atoms with van der Waals surface area (Å²) in [5, 5.41) is 3.14. The van der Waals surface area contributed by atoms with Crippen LogP contribution in [-0.2, 0) is 9.47 Å². The summed E-state index contributed by atoms with van der Waals surface area (Å²) in [5.74, 6) is -0.515. The van der Waals surface area contributed by atoms with Crippen LogP contribution in [-0.4, -0.2) is 67.9 Å². The maximum Gasteiger partial charge on any atom is 0.256 e. The van der Waals surface area contributed by atoms with Gasteiger partial charge in [-0.15, -0.1) is 0 Å². The molecule has 0 radical (unpaired) electrons. The fourth-order valence-corrected chi connectivity index (χ4v) is 4.60. The Morgan fingerprint density at radius 2 is 1.43 bits per heavy atom. The molecule has 0 bridgehead atoms. The molecule has 0 aliphatic carbocycles. The van der Waals surface area contributed by atoms with Crippen LogP contribution in [0.4, 0.5) is 4.39 Å². The first-order chi connectivity index (χ1) is 11.2. The molecule has 1 aromatic carbocycles. The second-order valence-electron chi connectivity index (χ2n) is 5.37. The maximum atomic E-state index is 13.0. The van der Waals surface area contributed by atoms with Gasteiger partial charge in [-0.2, -0.15) is 0 Å². The van der Waals surface area contributed by atoms with Crippen molar-refractivity contribution in [3.63, 3.8) is 0 Å². The predicted octanol–water partition coefficient (Wildman–Crippen LogP) is 1.45. The van der Waals surface area contributed by atoms with Gasteiger partial charge in [0.15, 0.2) is 0 Å². The first-order valence-corrected chi connectivity index (χ1v) is 9.00. The van der Waals surface area contributed by atoms with Gasteiger partial charge in [-0.05, 0) is 24.3 Å². The number of nitrogens with zero attached hydrogens (tertiary/aromatic N) is 2. The lowest BCUT2D eigenvalue weighted by molar-refractivity contribution is 0.0568. The van der Waals surface area contributed by atoms with Crippen molar-refractivity contribution >= 4 is 14.3 Å². The molecular weight excluding hydrogens is 320 g/mol. The normalized spacial score (nSPS) is 20.6. The van der Waals surface area contributed by atoms with E-state index in [1.54, 1.807) is 0 Å². The van der Waals surface area contributed by atoms with Gasteiger partial charge in [0.1, 0.15) is 14.2 Å². The number of rotatable bonds is 4. The van der Waals surface area contributed by atoms with Crippen LogP contribution in [0.15, 0.2) is 24.3 Å². The van der Waals surface area contributed by atoms with E-state index in [1.807, 2.05) is 0 Å². The summed E-state index contributed by atoms with van der Waals surface area (Å²) in [7, 11) is -0.954. The monoisotopic (exact) mass is 341 g/mol. The third kappa shape index (κ3) is 4.46. The highest BCUT2D eigenvalue weighted by Crippen LogP contribution is 2.41. The number of halogens is 1. The molecular formula is C15H21FN3O3P. The Kier molecular flexibility index (Phi) is 5.91. The highest BCUT2D eigenvalue weighted by atomic mass is 31.1. The fourth-order valence-electron chi connectivity index (χ4n) is 2.56. The van der Waals surface area contributed by atoms with Crippen molar-refractivity contribution in [1.82, 2.24) is 14.4 Å². The van der Waals surface area contributed by atoms with E-state index in [2.05, 4.69) is 14.4 Å². The van der Waals surface area contributed by atoms with Gasteiger partial charge in [-0.1, -0.05) is 0 Å². The van der Waals surface area contributed by atoms with Gasteiger partial charge in [0.2, 0.25) is 0 Å². The minimum absolute atomic E-state index is 0.172. The number of morpholine rings is 2. The van der Waals surface area contributed by atoms with Crippen LogP contribution < -0.4 is 5.09 Å². The van der Waals surface area contributed by atoms with E-state index in [0.29, 0.717) is 32.0 Å². The second-order valence-corrected chi connectivity index (χ2v) is 7.30. The molecule has 0 aromatic heterocycles. The summed E-state index contributed by atoms with van der Waals surface area (Å²) in [6.45, 7) is 5.90. The maximum absolute atomic E-state index is 13.0. The number of hydrogen-bond acceptors (Lipinski definition) is 5. The summed E-state index contributed by atoms with van der Waals surface area (Å²) in [6.07, 6.45) is 0. The van der Waals surface area contributed by atoms with E-state index in [4.69, 9.17) is 9.47 Å². The van der Waals surface area contributed by atoms with Crippen molar-refractivity contribution in [3.8, 4) is 0 Å². The molecule has 3 rings (SSSR count). The Hall–Kier alpha value is -1.11. The van der Waals surface area contributed by atoms with E-state index in [-0.39, 0.29) is 11.7 Å². The van der Waals surface area contributed by atoms with Gasteiger partial charge in [-0.3, -0.25) is 4.79 Å². The average molecular weight is 341 g/mol. The molecule has 1 amide bonds. The SMILES string of the molecule is O=C(NP(N1CCOCC1)N1CCOCC1)c1ccc(F)cc1. The van der Waals surface area contributed by atoms with Crippen LogP contribution in [0, 0.1) is 5.82 Å². The lowest BCUT2D eigenvalue weighted by Crippen LogP contribution is -2.45. The Bertz CT molecular complexity index is 501. The quantitative estimate of drug-likeness (QED) is 0.840. The van der Waals surface area contributed by atoms with Gasteiger partial charge in [-0.25, -0.2) is 13.7 Å². The number of ether oxygens (including phenoxy) is 2. The molecule has 0 atom stereocenters. The predicted molar refractivity (Wildman–Crippen MR) is 85.6 cm³/mol. The van der Waals surface area contributed by atoms with Crippen molar-refractivity contribution in [2.24, 2.45) is 0 Å². The van der Waals surface area contributed by atoms with E-state index in [0.717, 1.165) is 26.2 Å². The first-order valence-electron chi connectivity index (χ1n) is 7.76. The number of benzene rings is 1. The first kappa shape index (κ1) is 16.7. The number of amides is 1. The molecule has 2 aliphatic rings. The van der Waals surface area contributed by atoms with Gasteiger partial charge in [0.25, 0.3) is 5.91 Å². The van der Waals surface area contributed by atoms with E-state index in [1.165, 1.54) is 24.3 Å². The Morgan fingerprint density at radius 3 is 1.91 bits per heavy atom. The molecule has 0 saturated carbocycles. The zero-order valence-electron chi connectivity index (χ0n) is 12.9. The van der Waals surface area contributed by atoms with Gasteiger partial charge >= 0.3 is 0 Å². The van der Waals surface area contributed by atoms with E-state index >= 15 is 0 Å². The molecule has 2 heterocycles. The van der Waals surface area contributed by atoms with Crippen LogP contribution in [0.2, 0.25) is 0 Å². The molecule has 1 N–H and O–H groups in total. The fraction of sp³-hybridized carbons (Fsp3) is 0.533. The van der Waals surface area contributed by atoms with E-state index in [9.17, 15) is 9.18 Å². The molecule has 0 unspecified atom stereocenters. The van der Waals surface area contributed by atoms with Gasteiger partial charge in [0.05, 0.1) is 26.4 Å². The Morgan fingerprint density at radius 1 is 0.957 bits per heavy atom. The van der Waals surface area contributed by atoms with Crippen LogP contribution in [0.5, 0.6) is 0 Å². The molecule has 0 spiro atoms. The minimum atomic E-state index is -0.954. The number of hydrogen-bond donors (Lipinski definition) is 1. The largest absolute Gasteiger partial charge is 0.379 e. The molecule has 126 valence electrons. The smallest absolute Gasteiger partial charge is 0.256 e. The minimum Gasteiger partial charge on any atom is -0.379 e. The van der Waals surface area contributed by atoms with Crippen LogP contribution in [0.25, 0.3) is 0 Å². The molecule has 8 heteroatoms. The second kappa shape index (κ2) is 8.13. The zero-order valence-corrected chi connectivity index (χ0v) is 13.8. The lowest BCUT2D eigenvalue weighted by Gasteiger charge is -2.41. The molecule has 2 saturated heterocycles. The third-order valence-corrected chi connectivity index (χ3v) is 6.09. The van der Waals surface area contributed by atoms with Crippen LogP contribution >= 0.6 is 8.37 Å². The average Bonchev–Trinajstić information content (AvgIpc) is 2.61. The summed E-state index contributed by atoms with van der Waals surface area (Å²) in [5.41, 5.74) is 0.473. The van der Waals surface area contributed by atoms with Gasteiger partial charge in [0, 0.05) is 31.7 Å². The Balaban J connectivity index is 1.71. The highest BCUT2D eigenvalue weighted by molar-refractivity contribution is 7.51. The van der Waals surface area contributed by atoms with E-state index < -0.39 is 8.37 Å². The summed E-state index contributed by atoms with van der Waals surface area (Å²) < 4.78 is 28.4. The molecule has 1 aromatic rings. The third-order valence-electron chi connectivity index (χ3n) is 3.82. The van der Waals surface area contributed by atoms with Crippen molar-refractivity contribution in [2.45, 2.75) is 0 Å². The van der Waals surface area contributed by atoms with Crippen molar-refractivity contribution in [2.75, 3.05) is 52.6 Å². The Labute approximate surface area is 136 Å². The summed E-state index contributed by atoms with van der Waals surface area (Å²) in [4.78, 5) is 12.5. The zero-order chi connectivity index (χ0) is 16.1. The van der Waals surface area contributed by atoms with Crippen LogP contribution in [0.3, 0.4) is 0 Å². The van der Waals surface area contributed by atoms with Crippen molar-refractivity contribution < 1.29 is 18.7 Å². The summed E-state index contributed by atoms with van der Waals surface area (Å²) >= 11 is 0. The van der Waals surface area contributed by atoms with Gasteiger partial charge < -0.3 is 14.6 Å². The van der Waals surface area contributed by atoms with Crippen LogP contribution in [0.1, 0.15) is 10.4 Å². The van der Waals surface area contributed by atoms with Crippen molar-refractivity contribution in [1.29, 1.82) is 0 Å². The molecule has 2 fully saturated rings. The molecule has 6 nitrogen and oxygen atoms in total. The highest BCUT2D eigenvalue weighted by Gasteiger charge is 2.30. The summed E-state index contributed by atoms with van der Waals surface area (Å²) in [6, 6.07) is 5.63. The number of carbonyl (C=O) groups excluding carboxylic acids is 1. The number of carbonyl (C=O) groups is 1. The standard InChI is InChI=1S/C15H21FN3O3P/c16-14-3-1-13(2-4-14)15(20)17-23(18-5-9-21-10-6-18)19-7-11-22-12-8-19/h1-4H,5-12H2,(H,17,20). The topological polar surface area (TPSA) is 54.0 Å². The molecule has 23 heavy (non-hydrogen) atoms. The lowest BCUT2D eigenvalue weighted by atomic mass is 10.2. The molecule has 2 aliphatic heterocycles.